The van der Waals surface area contributed by atoms with E-state index in [0.717, 1.165) is 56.3 Å². The van der Waals surface area contributed by atoms with Crippen molar-refractivity contribution >= 4 is 47.7 Å². The number of sulfone groups is 1. The van der Waals surface area contributed by atoms with Gasteiger partial charge in [0.15, 0.2) is 0 Å². The van der Waals surface area contributed by atoms with Crippen LogP contribution >= 0.6 is 15.9 Å². The number of aromatic nitrogens is 5. The summed E-state index contributed by atoms with van der Waals surface area (Å²) in [6.07, 6.45) is 7.99. The zero-order valence-electron chi connectivity index (χ0n) is 17.0. The smallest absolute Gasteiger partial charge is 0.326 e. The predicted molar refractivity (Wildman–Crippen MR) is 123 cm³/mol. The molecule has 5 rings (SSSR count). The molecule has 1 aliphatic rings. The number of imidazole rings is 1. The molecule has 0 aromatic carbocycles. The van der Waals surface area contributed by atoms with Crippen LogP contribution in [-0.4, -0.2) is 44.9 Å². The molecule has 4 heterocycles. The minimum absolute atomic E-state index is 0.127. The summed E-state index contributed by atoms with van der Waals surface area (Å²) in [5, 5.41) is 0.930. The van der Waals surface area contributed by atoms with Crippen LogP contribution in [0.15, 0.2) is 33.8 Å². The van der Waals surface area contributed by atoms with Gasteiger partial charge in [-0.3, -0.25) is 14.5 Å². The molecule has 0 saturated heterocycles. The second-order valence-electron chi connectivity index (χ2n) is 8.21. The molecular formula is C21H22BrN5O3S. The first-order valence-corrected chi connectivity index (χ1v) is 13.1. The molecule has 0 aliphatic heterocycles. The van der Waals surface area contributed by atoms with Crippen LogP contribution in [0.4, 0.5) is 0 Å². The third-order valence-electron chi connectivity index (χ3n) is 5.72. The highest BCUT2D eigenvalue weighted by molar-refractivity contribution is 9.10. The molecule has 1 saturated carbocycles. The van der Waals surface area contributed by atoms with Crippen LogP contribution in [0.25, 0.3) is 21.9 Å². The van der Waals surface area contributed by atoms with E-state index in [4.69, 9.17) is 0 Å². The first-order chi connectivity index (χ1) is 14.8. The van der Waals surface area contributed by atoms with Crippen molar-refractivity contribution in [1.29, 1.82) is 0 Å². The Kier molecular flexibility index (Phi) is 5.01. The highest BCUT2D eigenvalue weighted by Gasteiger charge is 2.29. The van der Waals surface area contributed by atoms with Crippen LogP contribution in [0.5, 0.6) is 0 Å². The molecule has 1 aliphatic carbocycles. The van der Waals surface area contributed by atoms with Crippen molar-refractivity contribution in [2.75, 3.05) is 12.0 Å². The lowest BCUT2D eigenvalue weighted by Gasteiger charge is -2.06. The number of halogens is 1. The van der Waals surface area contributed by atoms with E-state index in [1.165, 1.54) is 6.26 Å². The van der Waals surface area contributed by atoms with Crippen molar-refractivity contribution in [2.45, 2.75) is 38.1 Å². The van der Waals surface area contributed by atoms with E-state index in [1.54, 1.807) is 17.0 Å². The summed E-state index contributed by atoms with van der Waals surface area (Å²) < 4.78 is 25.5. The average molecular weight is 504 g/mol. The number of nitrogens with one attached hydrogen (secondary N) is 2. The van der Waals surface area contributed by atoms with Gasteiger partial charge in [-0.15, -0.1) is 0 Å². The fourth-order valence-electron chi connectivity index (χ4n) is 4.13. The van der Waals surface area contributed by atoms with Crippen molar-refractivity contribution < 1.29 is 8.42 Å². The van der Waals surface area contributed by atoms with E-state index in [0.29, 0.717) is 25.3 Å². The van der Waals surface area contributed by atoms with Crippen molar-refractivity contribution in [3.63, 3.8) is 0 Å². The molecule has 10 heteroatoms. The van der Waals surface area contributed by atoms with Crippen molar-refractivity contribution in [3.8, 4) is 0 Å². The zero-order valence-corrected chi connectivity index (χ0v) is 19.4. The Bertz CT molecular complexity index is 1460. The summed E-state index contributed by atoms with van der Waals surface area (Å²) in [5.41, 5.74) is 5.08. The number of pyridine rings is 2. The number of rotatable bonds is 7. The monoisotopic (exact) mass is 503 g/mol. The van der Waals surface area contributed by atoms with Gasteiger partial charge in [-0.05, 0) is 53.7 Å². The van der Waals surface area contributed by atoms with Gasteiger partial charge in [-0.2, -0.15) is 0 Å². The summed E-state index contributed by atoms with van der Waals surface area (Å²) in [5.74, 6) is 0.545. The maximum atomic E-state index is 12.7. The Balaban J connectivity index is 1.54. The summed E-state index contributed by atoms with van der Waals surface area (Å²) in [7, 11) is -3.01. The normalized spacial score (nSPS) is 14.6. The third-order valence-corrected chi connectivity index (χ3v) is 7.62. The van der Waals surface area contributed by atoms with E-state index in [1.807, 2.05) is 12.1 Å². The number of aryl methyl sites for hydroxylation is 1. The van der Waals surface area contributed by atoms with Gasteiger partial charge in [0.2, 0.25) is 0 Å². The van der Waals surface area contributed by atoms with Crippen LogP contribution in [0, 0.1) is 0 Å². The van der Waals surface area contributed by atoms with E-state index >= 15 is 0 Å². The minimum atomic E-state index is -3.01. The lowest BCUT2D eigenvalue weighted by atomic mass is 10.1. The lowest BCUT2D eigenvalue weighted by Crippen LogP contribution is -2.18. The summed E-state index contributed by atoms with van der Waals surface area (Å²) >= 11 is 3.70. The van der Waals surface area contributed by atoms with Gasteiger partial charge in [-0.1, -0.05) is 0 Å². The topological polar surface area (TPSA) is 113 Å². The molecule has 0 bridgehead atoms. The highest BCUT2D eigenvalue weighted by Crippen LogP contribution is 2.41. The van der Waals surface area contributed by atoms with Gasteiger partial charge in [0.25, 0.3) is 0 Å². The standard InChI is InChI=1S/C21H22BrN5O3S/c1-31(29,30)10-2-3-13-17-14(6-8-23-13)25-16(18(17)22)11-27-20-15(26-21(27)28)7-9-24-19(20)12-4-5-12/h6-9,12,25H,2-5,10-11H2,1H3,(H,26,28). The van der Waals surface area contributed by atoms with Crippen molar-refractivity contribution in [1.82, 2.24) is 24.5 Å². The van der Waals surface area contributed by atoms with Crippen molar-refractivity contribution in [2.24, 2.45) is 0 Å². The molecule has 0 unspecified atom stereocenters. The van der Waals surface area contributed by atoms with Crippen LogP contribution in [0.2, 0.25) is 0 Å². The molecule has 8 nitrogen and oxygen atoms in total. The molecule has 4 aromatic heterocycles. The molecule has 0 amide bonds. The van der Waals surface area contributed by atoms with Gasteiger partial charge in [0.1, 0.15) is 9.84 Å². The molecule has 0 spiro atoms. The molecule has 4 aromatic rings. The van der Waals surface area contributed by atoms with Crippen LogP contribution in [-0.2, 0) is 22.8 Å². The second-order valence-corrected chi connectivity index (χ2v) is 11.3. The number of nitrogens with zero attached hydrogens (tertiary/aromatic N) is 3. The quantitative estimate of drug-likeness (QED) is 0.401. The molecule has 0 atom stereocenters. The van der Waals surface area contributed by atoms with Gasteiger partial charge in [0.05, 0.1) is 45.9 Å². The van der Waals surface area contributed by atoms with Gasteiger partial charge in [0, 0.05) is 34.4 Å². The SMILES string of the molecule is CS(=O)(=O)CCCc1nccc2[nH]c(Cn3c(=O)[nH]c4ccnc(C5CC5)c43)c(Br)c12. The van der Waals surface area contributed by atoms with E-state index in [9.17, 15) is 13.2 Å². The molecule has 2 N–H and O–H groups in total. The molecule has 31 heavy (non-hydrogen) atoms. The minimum Gasteiger partial charge on any atom is -0.356 e. The Hall–Kier alpha value is -2.46. The predicted octanol–water partition coefficient (Wildman–Crippen LogP) is 3.27. The van der Waals surface area contributed by atoms with E-state index in [-0.39, 0.29) is 11.4 Å². The lowest BCUT2D eigenvalue weighted by molar-refractivity contribution is 0.599. The Morgan fingerprint density at radius 1 is 1.16 bits per heavy atom. The van der Waals surface area contributed by atoms with Gasteiger partial charge < -0.3 is 9.97 Å². The maximum absolute atomic E-state index is 12.7. The van der Waals surface area contributed by atoms with Crippen LogP contribution < -0.4 is 5.69 Å². The van der Waals surface area contributed by atoms with Gasteiger partial charge >= 0.3 is 5.69 Å². The molecule has 1 fully saturated rings. The van der Waals surface area contributed by atoms with E-state index in [2.05, 4.69) is 35.9 Å². The number of fused-ring (bicyclic) bond motifs is 2. The summed E-state index contributed by atoms with van der Waals surface area (Å²) in [4.78, 5) is 28.1. The highest BCUT2D eigenvalue weighted by atomic mass is 79.9. The first kappa shape index (κ1) is 20.4. The fraction of sp³-hybridized carbons (Fsp3) is 0.381. The Morgan fingerprint density at radius 3 is 2.65 bits per heavy atom. The number of hydrogen-bond donors (Lipinski definition) is 2. The van der Waals surface area contributed by atoms with Gasteiger partial charge in [-0.25, -0.2) is 13.2 Å². The largest absolute Gasteiger partial charge is 0.356 e. The summed E-state index contributed by atoms with van der Waals surface area (Å²) in [6, 6.07) is 3.72. The zero-order chi connectivity index (χ0) is 21.8. The van der Waals surface area contributed by atoms with Crippen LogP contribution in [0.3, 0.4) is 0 Å². The molecular weight excluding hydrogens is 482 g/mol. The van der Waals surface area contributed by atoms with Crippen molar-refractivity contribution in [3.05, 3.63) is 56.6 Å². The Labute approximate surface area is 187 Å². The average Bonchev–Trinajstić information content (AvgIpc) is 3.44. The maximum Gasteiger partial charge on any atom is 0.326 e. The van der Waals surface area contributed by atoms with E-state index < -0.39 is 9.84 Å². The number of hydrogen-bond acceptors (Lipinski definition) is 5. The fourth-order valence-corrected chi connectivity index (χ4v) is 5.46. The third kappa shape index (κ3) is 3.94. The number of H-pyrrole nitrogens is 2. The first-order valence-electron chi connectivity index (χ1n) is 10.2. The second kappa shape index (κ2) is 7.59. The number of aromatic amines is 2. The molecule has 162 valence electrons. The summed E-state index contributed by atoms with van der Waals surface area (Å²) in [6.45, 7) is 0.363. The Morgan fingerprint density at radius 2 is 1.90 bits per heavy atom. The molecule has 0 radical (unpaired) electrons. The van der Waals surface area contributed by atoms with Crippen LogP contribution in [0.1, 0.15) is 42.3 Å².